The minimum atomic E-state index is -0.597. The van der Waals surface area contributed by atoms with Crippen molar-refractivity contribution in [1.82, 2.24) is 5.32 Å². The molecule has 0 atom stereocenters. The fourth-order valence-electron chi connectivity index (χ4n) is 1.40. The lowest BCUT2D eigenvalue weighted by molar-refractivity contribution is -0.138. The van der Waals surface area contributed by atoms with E-state index < -0.39 is 12.1 Å². The summed E-state index contributed by atoms with van der Waals surface area (Å²) in [6.45, 7) is 7.19. The van der Waals surface area contributed by atoms with Gasteiger partial charge in [-0.1, -0.05) is 30.9 Å². The first-order valence-corrected chi connectivity index (χ1v) is 6.54. The number of ether oxygens (including phenoxy) is 2. The van der Waals surface area contributed by atoms with Gasteiger partial charge in [0.15, 0.2) is 0 Å². The predicted octanol–water partition coefficient (Wildman–Crippen LogP) is 2.93. The molecular formula is C16H19NO4. The molecule has 21 heavy (non-hydrogen) atoms. The smallest absolute Gasteiger partial charge is 0.412 e. The van der Waals surface area contributed by atoms with Gasteiger partial charge in [0.05, 0.1) is 6.54 Å². The Labute approximate surface area is 124 Å². The summed E-state index contributed by atoms with van der Waals surface area (Å²) in [7, 11) is 0. The van der Waals surface area contributed by atoms with Crippen molar-refractivity contribution >= 4 is 18.1 Å². The lowest BCUT2D eigenvalue weighted by atomic mass is 10.2. The Morgan fingerprint density at radius 2 is 1.95 bits per heavy atom. The van der Waals surface area contributed by atoms with E-state index in [0.717, 1.165) is 5.56 Å². The summed E-state index contributed by atoms with van der Waals surface area (Å²) in [5.74, 6) is -0.0376. The molecule has 0 unspecified atom stereocenters. The number of benzene rings is 1. The van der Waals surface area contributed by atoms with E-state index >= 15 is 0 Å². The number of allylic oxidation sites excluding steroid dienone is 1. The van der Waals surface area contributed by atoms with Gasteiger partial charge in [-0.05, 0) is 31.5 Å². The molecule has 0 heterocycles. The first-order valence-electron chi connectivity index (χ1n) is 6.54. The summed E-state index contributed by atoms with van der Waals surface area (Å²) in [6.07, 6.45) is 3.27. The third kappa shape index (κ3) is 6.42. The van der Waals surface area contributed by atoms with Crippen LogP contribution in [0.15, 0.2) is 42.5 Å². The standard InChI is InChI=1S/C16H19NO4/c1-4-5-13-6-8-14(9-7-13)21-16(19)17-10-11-20-15(18)12(2)3/h4-9H,2,10-11H2,1,3H3,(H,17,19). The van der Waals surface area contributed by atoms with E-state index in [1.165, 1.54) is 0 Å². The van der Waals surface area contributed by atoms with Crippen LogP contribution in [0.3, 0.4) is 0 Å². The van der Waals surface area contributed by atoms with Crippen molar-refractivity contribution in [2.24, 2.45) is 0 Å². The second-order valence-corrected chi connectivity index (χ2v) is 4.30. The monoisotopic (exact) mass is 289 g/mol. The maximum absolute atomic E-state index is 11.5. The van der Waals surface area contributed by atoms with Crippen LogP contribution in [0, 0.1) is 0 Å². The van der Waals surface area contributed by atoms with Crippen LogP contribution < -0.4 is 10.1 Å². The molecule has 0 spiro atoms. The van der Waals surface area contributed by atoms with Gasteiger partial charge < -0.3 is 14.8 Å². The summed E-state index contributed by atoms with van der Waals surface area (Å²) < 4.78 is 9.90. The minimum absolute atomic E-state index is 0.0705. The minimum Gasteiger partial charge on any atom is -0.460 e. The van der Waals surface area contributed by atoms with Crippen molar-refractivity contribution in [1.29, 1.82) is 0 Å². The molecule has 0 aliphatic heterocycles. The first-order chi connectivity index (χ1) is 10.0. The van der Waals surface area contributed by atoms with Crippen LogP contribution in [0.5, 0.6) is 5.75 Å². The largest absolute Gasteiger partial charge is 0.460 e. The number of carbonyl (C=O) groups is 2. The van der Waals surface area contributed by atoms with E-state index in [-0.39, 0.29) is 13.2 Å². The molecule has 1 rings (SSSR count). The van der Waals surface area contributed by atoms with Gasteiger partial charge in [-0.3, -0.25) is 0 Å². The predicted molar refractivity (Wildman–Crippen MR) is 80.9 cm³/mol. The molecule has 5 heteroatoms. The highest BCUT2D eigenvalue weighted by Gasteiger charge is 2.05. The Bertz CT molecular complexity index is 532. The SMILES string of the molecule is C=C(C)C(=O)OCCNC(=O)Oc1ccc(C=CC)cc1. The van der Waals surface area contributed by atoms with Crippen LogP contribution in [-0.2, 0) is 9.53 Å². The molecule has 0 saturated carbocycles. The average molecular weight is 289 g/mol. The van der Waals surface area contributed by atoms with Gasteiger partial charge in [-0.25, -0.2) is 9.59 Å². The van der Waals surface area contributed by atoms with Crippen molar-refractivity contribution < 1.29 is 19.1 Å². The van der Waals surface area contributed by atoms with E-state index in [4.69, 9.17) is 9.47 Å². The maximum atomic E-state index is 11.5. The Morgan fingerprint density at radius 1 is 1.29 bits per heavy atom. The van der Waals surface area contributed by atoms with Crippen molar-refractivity contribution in [3.05, 3.63) is 48.1 Å². The molecular weight excluding hydrogens is 270 g/mol. The molecule has 112 valence electrons. The van der Waals surface area contributed by atoms with Gasteiger partial charge >= 0.3 is 12.1 Å². The Morgan fingerprint density at radius 3 is 2.52 bits per heavy atom. The van der Waals surface area contributed by atoms with Crippen molar-refractivity contribution in [2.45, 2.75) is 13.8 Å². The zero-order chi connectivity index (χ0) is 15.7. The third-order valence-electron chi connectivity index (χ3n) is 2.40. The number of rotatable bonds is 6. The van der Waals surface area contributed by atoms with Crippen LogP contribution in [0.1, 0.15) is 19.4 Å². The van der Waals surface area contributed by atoms with E-state index in [1.807, 2.05) is 31.2 Å². The number of carbonyl (C=O) groups excluding carboxylic acids is 2. The lowest BCUT2D eigenvalue weighted by Gasteiger charge is -2.07. The number of hydrogen-bond donors (Lipinski definition) is 1. The van der Waals surface area contributed by atoms with Crippen LogP contribution in [0.4, 0.5) is 4.79 Å². The van der Waals surface area contributed by atoms with Crippen molar-refractivity contribution in [3.8, 4) is 5.75 Å². The third-order valence-corrected chi connectivity index (χ3v) is 2.40. The molecule has 0 bridgehead atoms. The molecule has 1 aromatic rings. The summed E-state index contributed by atoms with van der Waals surface area (Å²) in [5, 5.41) is 2.48. The second kappa shape index (κ2) is 8.58. The quantitative estimate of drug-likeness (QED) is 0.497. The normalized spacial score (nSPS) is 10.2. The average Bonchev–Trinajstić information content (AvgIpc) is 2.45. The van der Waals surface area contributed by atoms with Crippen LogP contribution in [0.25, 0.3) is 6.08 Å². The molecule has 1 N–H and O–H groups in total. The number of hydrogen-bond acceptors (Lipinski definition) is 4. The summed E-state index contributed by atoms with van der Waals surface area (Å²) in [6, 6.07) is 7.10. The van der Waals surface area contributed by atoms with E-state index in [1.54, 1.807) is 19.1 Å². The second-order valence-electron chi connectivity index (χ2n) is 4.30. The molecule has 5 nitrogen and oxygen atoms in total. The van der Waals surface area contributed by atoms with Gasteiger partial charge in [0.2, 0.25) is 0 Å². The molecule has 1 amide bonds. The molecule has 0 aromatic heterocycles. The zero-order valence-corrected chi connectivity index (χ0v) is 12.2. The van der Waals surface area contributed by atoms with Crippen molar-refractivity contribution in [3.63, 3.8) is 0 Å². The van der Waals surface area contributed by atoms with Gasteiger partial charge in [0, 0.05) is 5.57 Å². The van der Waals surface area contributed by atoms with Gasteiger partial charge in [-0.15, -0.1) is 0 Å². The molecule has 0 aliphatic carbocycles. The molecule has 0 fully saturated rings. The van der Waals surface area contributed by atoms with Crippen LogP contribution in [0.2, 0.25) is 0 Å². The van der Waals surface area contributed by atoms with Gasteiger partial charge in [-0.2, -0.15) is 0 Å². The van der Waals surface area contributed by atoms with Crippen LogP contribution in [-0.4, -0.2) is 25.2 Å². The number of amides is 1. The fourth-order valence-corrected chi connectivity index (χ4v) is 1.40. The highest BCUT2D eigenvalue weighted by Crippen LogP contribution is 2.13. The number of nitrogens with one attached hydrogen (secondary N) is 1. The Kier molecular flexibility index (Phi) is 6.74. The Balaban J connectivity index is 2.30. The molecule has 0 radical (unpaired) electrons. The summed E-state index contributed by atoms with van der Waals surface area (Å²) in [4.78, 5) is 22.6. The zero-order valence-electron chi connectivity index (χ0n) is 12.2. The molecule has 1 aromatic carbocycles. The van der Waals surface area contributed by atoms with E-state index in [9.17, 15) is 9.59 Å². The van der Waals surface area contributed by atoms with Gasteiger partial charge in [0.1, 0.15) is 12.4 Å². The first kappa shape index (κ1) is 16.5. The van der Waals surface area contributed by atoms with E-state index in [2.05, 4.69) is 11.9 Å². The molecule has 0 aliphatic rings. The topological polar surface area (TPSA) is 64.6 Å². The Hall–Kier alpha value is -2.56. The summed E-state index contributed by atoms with van der Waals surface area (Å²) in [5.41, 5.74) is 1.34. The summed E-state index contributed by atoms with van der Waals surface area (Å²) >= 11 is 0. The van der Waals surface area contributed by atoms with E-state index in [0.29, 0.717) is 11.3 Å². The fraction of sp³-hybridized carbons (Fsp3) is 0.250. The lowest BCUT2D eigenvalue weighted by Crippen LogP contribution is -2.30. The van der Waals surface area contributed by atoms with Crippen LogP contribution >= 0.6 is 0 Å². The van der Waals surface area contributed by atoms with Crippen molar-refractivity contribution in [2.75, 3.05) is 13.2 Å². The maximum Gasteiger partial charge on any atom is 0.412 e. The number of esters is 1. The highest BCUT2D eigenvalue weighted by atomic mass is 16.6. The van der Waals surface area contributed by atoms with Gasteiger partial charge in [0.25, 0.3) is 0 Å². The highest BCUT2D eigenvalue weighted by molar-refractivity contribution is 5.86. The molecule has 0 saturated heterocycles.